The van der Waals surface area contributed by atoms with E-state index < -0.39 is 24.9 Å². The van der Waals surface area contributed by atoms with Gasteiger partial charge in [-0.3, -0.25) is 10.2 Å². The molecule has 0 aliphatic heterocycles. The Bertz CT molecular complexity index is 466. The molecule has 0 aromatic carbocycles. The van der Waals surface area contributed by atoms with Crippen molar-refractivity contribution in [3.8, 4) is 0 Å². The van der Waals surface area contributed by atoms with Gasteiger partial charge in [-0.2, -0.15) is 5.10 Å². The molecule has 0 fully saturated rings. The smallest absolute Gasteiger partial charge is 0.270 e. The SMILES string of the molecule is CNC(=O)c1csc(N/N=C\[C@H](O)[C@H](O)[C@H](O)CO)n1. The highest BCUT2D eigenvalue weighted by atomic mass is 32.1. The summed E-state index contributed by atoms with van der Waals surface area (Å²) in [6.07, 6.45) is -3.52. The molecular weight excluding hydrogens is 288 g/mol. The molecule has 1 aromatic rings. The number of aromatic nitrogens is 1. The number of anilines is 1. The van der Waals surface area contributed by atoms with Crippen LogP contribution in [0.1, 0.15) is 10.5 Å². The summed E-state index contributed by atoms with van der Waals surface area (Å²) in [4.78, 5) is 15.2. The molecular formula is C10H16N4O5S. The Morgan fingerprint density at radius 3 is 2.85 bits per heavy atom. The largest absolute Gasteiger partial charge is 0.394 e. The quantitative estimate of drug-likeness (QED) is 0.251. The summed E-state index contributed by atoms with van der Waals surface area (Å²) in [6.45, 7) is -0.679. The van der Waals surface area contributed by atoms with Gasteiger partial charge in [0.2, 0.25) is 5.13 Å². The molecule has 0 saturated carbocycles. The summed E-state index contributed by atoms with van der Waals surface area (Å²) in [5.74, 6) is -0.334. The molecule has 1 aromatic heterocycles. The van der Waals surface area contributed by atoms with E-state index in [0.29, 0.717) is 5.13 Å². The monoisotopic (exact) mass is 304 g/mol. The first-order valence-corrected chi connectivity index (χ1v) is 6.49. The van der Waals surface area contributed by atoms with E-state index in [1.165, 1.54) is 12.4 Å². The Morgan fingerprint density at radius 1 is 1.55 bits per heavy atom. The lowest BCUT2D eigenvalue weighted by atomic mass is 10.1. The fourth-order valence-electron chi connectivity index (χ4n) is 1.15. The summed E-state index contributed by atoms with van der Waals surface area (Å²) in [5, 5.41) is 44.4. The van der Waals surface area contributed by atoms with Crippen molar-refractivity contribution in [3.63, 3.8) is 0 Å². The molecule has 0 aliphatic rings. The zero-order chi connectivity index (χ0) is 15.1. The Morgan fingerprint density at radius 2 is 2.25 bits per heavy atom. The molecule has 6 N–H and O–H groups in total. The van der Waals surface area contributed by atoms with Crippen LogP contribution in [0.15, 0.2) is 10.5 Å². The molecule has 0 saturated heterocycles. The molecule has 0 spiro atoms. The summed E-state index contributed by atoms with van der Waals surface area (Å²) < 4.78 is 0. The lowest BCUT2D eigenvalue weighted by Crippen LogP contribution is -2.40. The molecule has 3 atom stereocenters. The first kappa shape index (κ1) is 16.5. The van der Waals surface area contributed by atoms with E-state index >= 15 is 0 Å². The molecule has 1 rings (SSSR count). The zero-order valence-electron chi connectivity index (χ0n) is 10.6. The van der Waals surface area contributed by atoms with Gasteiger partial charge in [-0.05, 0) is 0 Å². The van der Waals surface area contributed by atoms with Gasteiger partial charge in [-0.1, -0.05) is 0 Å². The molecule has 9 nitrogen and oxygen atoms in total. The van der Waals surface area contributed by atoms with Crippen molar-refractivity contribution in [3.05, 3.63) is 11.1 Å². The fourth-order valence-corrected chi connectivity index (χ4v) is 1.79. The van der Waals surface area contributed by atoms with Crippen LogP contribution in [-0.4, -0.2) is 69.5 Å². The van der Waals surface area contributed by atoms with E-state index in [2.05, 4.69) is 20.8 Å². The minimum atomic E-state index is -1.55. The topological polar surface area (TPSA) is 147 Å². The number of aliphatic hydroxyl groups is 4. The summed E-state index contributed by atoms with van der Waals surface area (Å²) >= 11 is 1.13. The molecule has 10 heteroatoms. The number of nitrogens with one attached hydrogen (secondary N) is 2. The van der Waals surface area contributed by atoms with Crippen molar-refractivity contribution in [1.29, 1.82) is 0 Å². The number of nitrogens with zero attached hydrogens (tertiary/aromatic N) is 2. The van der Waals surface area contributed by atoms with Crippen LogP contribution in [0, 0.1) is 0 Å². The normalized spacial score (nSPS) is 15.8. The fraction of sp³-hybridized carbons (Fsp3) is 0.500. The lowest BCUT2D eigenvalue weighted by molar-refractivity contribution is -0.0541. The van der Waals surface area contributed by atoms with E-state index in [9.17, 15) is 15.0 Å². The minimum absolute atomic E-state index is 0.228. The van der Waals surface area contributed by atoms with Crippen molar-refractivity contribution in [1.82, 2.24) is 10.3 Å². The first-order valence-electron chi connectivity index (χ1n) is 5.61. The number of hydrogen-bond donors (Lipinski definition) is 6. The second kappa shape index (κ2) is 7.87. The van der Waals surface area contributed by atoms with E-state index in [1.807, 2.05) is 0 Å². The Kier molecular flexibility index (Phi) is 6.48. The van der Waals surface area contributed by atoms with Crippen molar-refractivity contribution in [2.24, 2.45) is 5.10 Å². The standard InChI is InChI=1S/C10H16N4O5S/c1-11-9(19)5-4-20-10(13-5)14-12-2-6(16)8(18)7(17)3-15/h2,4,6-8,15-18H,3H2,1H3,(H,11,19)(H,13,14)/b12-2-/t6-,7+,8-/m0/s1. The second-order valence-electron chi connectivity index (χ2n) is 3.74. The average molecular weight is 304 g/mol. The van der Waals surface area contributed by atoms with Crippen molar-refractivity contribution in [2.75, 3.05) is 19.1 Å². The van der Waals surface area contributed by atoms with E-state index in [4.69, 9.17) is 10.2 Å². The van der Waals surface area contributed by atoms with E-state index in [0.717, 1.165) is 17.6 Å². The summed E-state index contributed by atoms with van der Waals surface area (Å²) in [7, 11) is 1.48. The molecule has 1 amide bonds. The van der Waals surface area contributed by atoms with Gasteiger partial charge in [0, 0.05) is 12.4 Å². The zero-order valence-corrected chi connectivity index (χ0v) is 11.4. The highest BCUT2D eigenvalue weighted by Gasteiger charge is 2.22. The second-order valence-corrected chi connectivity index (χ2v) is 4.60. The van der Waals surface area contributed by atoms with Crippen LogP contribution in [0.25, 0.3) is 0 Å². The molecule has 1 heterocycles. The highest BCUT2D eigenvalue weighted by Crippen LogP contribution is 2.14. The number of rotatable bonds is 7. The third-order valence-corrected chi connectivity index (χ3v) is 3.03. The first-order chi connectivity index (χ1) is 9.49. The van der Waals surface area contributed by atoms with E-state index in [-0.39, 0.29) is 11.6 Å². The van der Waals surface area contributed by atoms with Crippen LogP contribution in [-0.2, 0) is 0 Å². The van der Waals surface area contributed by atoms with Gasteiger partial charge < -0.3 is 25.7 Å². The predicted molar refractivity (Wildman–Crippen MR) is 72.7 cm³/mol. The van der Waals surface area contributed by atoms with Crippen LogP contribution in [0.3, 0.4) is 0 Å². The summed E-state index contributed by atoms with van der Waals surface area (Å²) in [5.41, 5.74) is 2.70. The number of thiazole rings is 1. The molecule has 112 valence electrons. The molecule has 20 heavy (non-hydrogen) atoms. The Labute approximate surface area is 118 Å². The van der Waals surface area contributed by atoms with Crippen LogP contribution < -0.4 is 10.7 Å². The van der Waals surface area contributed by atoms with Gasteiger partial charge in [-0.15, -0.1) is 11.3 Å². The van der Waals surface area contributed by atoms with Gasteiger partial charge in [-0.25, -0.2) is 4.98 Å². The number of hydrazone groups is 1. The predicted octanol–water partition coefficient (Wildman–Crippen LogP) is -2.02. The van der Waals surface area contributed by atoms with E-state index in [1.54, 1.807) is 0 Å². The molecule has 0 aliphatic carbocycles. The molecule has 0 unspecified atom stereocenters. The molecule has 0 bridgehead atoms. The van der Waals surface area contributed by atoms with Crippen molar-refractivity contribution in [2.45, 2.75) is 18.3 Å². The van der Waals surface area contributed by atoms with Crippen LogP contribution >= 0.6 is 11.3 Å². The Balaban J connectivity index is 2.52. The maximum atomic E-state index is 11.2. The van der Waals surface area contributed by atoms with Gasteiger partial charge in [0.25, 0.3) is 5.91 Å². The van der Waals surface area contributed by atoms with Crippen molar-refractivity contribution >= 4 is 28.6 Å². The summed E-state index contributed by atoms with van der Waals surface area (Å²) in [6, 6.07) is 0. The number of amides is 1. The van der Waals surface area contributed by atoms with Gasteiger partial charge in [0.1, 0.15) is 24.0 Å². The van der Waals surface area contributed by atoms with Crippen LogP contribution in [0.2, 0.25) is 0 Å². The molecule has 0 radical (unpaired) electrons. The lowest BCUT2D eigenvalue weighted by Gasteiger charge is -2.17. The van der Waals surface area contributed by atoms with Crippen LogP contribution in [0.5, 0.6) is 0 Å². The number of carbonyl (C=O) groups excluding carboxylic acids is 1. The third kappa shape index (κ3) is 4.51. The van der Waals surface area contributed by atoms with Crippen LogP contribution in [0.4, 0.5) is 5.13 Å². The Hall–Kier alpha value is -1.59. The van der Waals surface area contributed by atoms with Gasteiger partial charge >= 0.3 is 0 Å². The van der Waals surface area contributed by atoms with Gasteiger partial charge in [0.05, 0.1) is 12.8 Å². The number of carbonyl (C=O) groups is 1. The van der Waals surface area contributed by atoms with Gasteiger partial charge in [0.15, 0.2) is 0 Å². The van der Waals surface area contributed by atoms with Crippen molar-refractivity contribution < 1.29 is 25.2 Å². The number of aliphatic hydroxyl groups excluding tert-OH is 4. The average Bonchev–Trinajstić information content (AvgIpc) is 2.93. The maximum absolute atomic E-state index is 11.2. The number of hydrogen-bond acceptors (Lipinski definition) is 9. The minimum Gasteiger partial charge on any atom is -0.394 e. The maximum Gasteiger partial charge on any atom is 0.270 e. The third-order valence-electron chi connectivity index (χ3n) is 2.28. The highest BCUT2D eigenvalue weighted by molar-refractivity contribution is 7.13.